The first-order chi connectivity index (χ1) is 14.0. The van der Waals surface area contributed by atoms with E-state index in [2.05, 4.69) is 53.1 Å². The zero-order valence-corrected chi connectivity index (χ0v) is 18.4. The number of piperazine rings is 1. The Kier molecular flexibility index (Phi) is 7.01. The number of guanidine groups is 1. The summed E-state index contributed by atoms with van der Waals surface area (Å²) in [6.45, 7) is 11.9. The molecule has 1 saturated heterocycles. The van der Waals surface area contributed by atoms with E-state index in [9.17, 15) is 0 Å². The molecule has 7 heteroatoms. The van der Waals surface area contributed by atoms with Gasteiger partial charge in [0.05, 0.1) is 12.8 Å². The Hall–Kier alpha value is -2.70. The Bertz CT molecular complexity index is 819. The molecule has 2 aromatic rings. The molecule has 0 bridgehead atoms. The van der Waals surface area contributed by atoms with Crippen molar-refractivity contribution in [2.75, 3.05) is 51.3 Å². The van der Waals surface area contributed by atoms with Crippen molar-refractivity contribution in [1.82, 2.24) is 20.0 Å². The van der Waals surface area contributed by atoms with E-state index in [4.69, 9.17) is 9.73 Å². The molecule has 0 saturated carbocycles. The lowest BCUT2D eigenvalue weighted by Crippen LogP contribution is -2.52. The van der Waals surface area contributed by atoms with Crippen LogP contribution in [0.3, 0.4) is 0 Å². The molecule has 158 valence electrons. The number of hydrogen-bond donors (Lipinski definition) is 1. The van der Waals surface area contributed by atoms with E-state index in [0.717, 1.165) is 63.1 Å². The van der Waals surface area contributed by atoms with Crippen molar-refractivity contribution in [3.8, 4) is 5.75 Å². The second-order valence-corrected chi connectivity index (χ2v) is 7.43. The fraction of sp³-hybridized carbons (Fsp3) is 0.545. The van der Waals surface area contributed by atoms with Crippen LogP contribution in [0.5, 0.6) is 5.75 Å². The van der Waals surface area contributed by atoms with Crippen molar-refractivity contribution in [3.63, 3.8) is 0 Å². The topological polar surface area (TPSA) is 57.9 Å². The summed E-state index contributed by atoms with van der Waals surface area (Å²) in [6, 6.07) is 8.31. The van der Waals surface area contributed by atoms with Crippen molar-refractivity contribution in [3.05, 3.63) is 41.2 Å². The lowest BCUT2D eigenvalue weighted by Gasteiger charge is -2.37. The summed E-state index contributed by atoms with van der Waals surface area (Å²) in [4.78, 5) is 9.69. The van der Waals surface area contributed by atoms with E-state index in [-0.39, 0.29) is 0 Å². The van der Waals surface area contributed by atoms with Gasteiger partial charge in [0.1, 0.15) is 5.75 Å². The number of anilines is 1. The highest BCUT2D eigenvalue weighted by Crippen LogP contribution is 2.20. The van der Waals surface area contributed by atoms with Gasteiger partial charge in [0.2, 0.25) is 0 Å². The Labute approximate surface area is 174 Å². The van der Waals surface area contributed by atoms with Crippen LogP contribution >= 0.6 is 0 Å². The van der Waals surface area contributed by atoms with Gasteiger partial charge in [0, 0.05) is 57.7 Å². The Morgan fingerprint density at radius 1 is 1.14 bits per heavy atom. The molecular weight excluding hydrogens is 364 g/mol. The molecule has 0 unspecified atom stereocenters. The SMILES string of the molecule is CCNC(=NCCc1c(C)nn(C)c1C)N1CCN(c2ccc(OC)cc2)CC1. The summed E-state index contributed by atoms with van der Waals surface area (Å²) >= 11 is 0. The van der Waals surface area contributed by atoms with Crippen LogP contribution in [0.4, 0.5) is 5.69 Å². The maximum absolute atomic E-state index is 5.26. The molecule has 1 aromatic heterocycles. The first kappa shape index (κ1) is 21.0. The lowest BCUT2D eigenvalue weighted by molar-refractivity contribution is 0.372. The van der Waals surface area contributed by atoms with Gasteiger partial charge < -0.3 is 19.9 Å². The third kappa shape index (κ3) is 5.02. The number of rotatable bonds is 6. The number of nitrogens with one attached hydrogen (secondary N) is 1. The van der Waals surface area contributed by atoms with Crippen LogP contribution in [0.2, 0.25) is 0 Å². The number of aliphatic imine (C=N–C) groups is 1. The second kappa shape index (κ2) is 9.67. The van der Waals surface area contributed by atoms with E-state index in [1.165, 1.54) is 16.9 Å². The van der Waals surface area contributed by atoms with Crippen LogP contribution in [0, 0.1) is 13.8 Å². The van der Waals surface area contributed by atoms with Crippen LogP contribution < -0.4 is 15.0 Å². The third-order valence-corrected chi connectivity index (χ3v) is 5.63. The van der Waals surface area contributed by atoms with Gasteiger partial charge in [-0.1, -0.05) is 0 Å². The summed E-state index contributed by atoms with van der Waals surface area (Å²) in [5.74, 6) is 1.91. The number of hydrogen-bond acceptors (Lipinski definition) is 4. The molecule has 0 radical (unpaired) electrons. The molecular formula is C22H34N6O. The maximum Gasteiger partial charge on any atom is 0.194 e. The predicted octanol–water partition coefficient (Wildman–Crippen LogP) is 2.38. The molecule has 2 heterocycles. The van der Waals surface area contributed by atoms with Crippen LogP contribution in [0.25, 0.3) is 0 Å². The fourth-order valence-electron chi connectivity index (χ4n) is 3.85. The third-order valence-electron chi connectivity index (χ3n) is 5.63. The molecule has 1 aromatic carbocycles. The van der Waals surface area contributed by atoms with E-state index >= 15 is 0 Å². The van der Waals surface area contributed by atoms with E-state index in [1.807, 2.05) is 23.9 Å². The standard InChI is InChI=1S/C22H34N6O/c1-6-23-22(24-12-11-21-17(2)25-26(4)18(21)3)28-15-13-27(14-16-28)19-7-9-20(29-5)10-8-19/h7-10H,6,11-16H2,1-5H3,(H,23,24). The molecule has 1 aliphatic heterocycles. The van der Waals surface area contributed by atoms with E-state index in [1.54, 1.807) is 7.11 Å². The van der Waals surface area contributed by atoms with E-state index in [0.29, 0.717) is 0 Å². The summed E-state index contributed by atoms with van der Waals surface area (Å²) in [5.41, 5.74) is 4.90. The van der Waals surface area contributed by atoms with Crippen molar-refractivity contribution in [2.24, 2.45) is 12.0 Å². The molecule has 0 amide bonds. The minimum absolute atomic E-state index is 0.772. The van der Waals surface area contributed by atoms with Gasteiger partial charge in [-0.05, 0) is 57.0 Å². The van der Waals surface area contributed by atoms with Crippen LogP contribution in [0.15, 0.2) is 29.3 Å². The summed E-state index contributed by atoms with van der Waals surface area (Å²) in [6.07, 6.45) is 0.923. The minimum Gasteiger partial charge on any atom is -0.497 e. The zero-order valence-electron chi connectivity index (χ0n) is 18.4. The Balaban J connectivity index is 1.58. The molecule has 1 fully saturated rings. The van der Waals surface area contributed by atoms with Crippen molar-refractivity contribution in [1.29, 1.82) is 0 Å². The van der Waals surface area contributed by atoms with Gasteiger partial charge in [-0.25, -0.2) is 0 Å². The number of aromatic nitrogens is 2. The first-order valence-electron chi connectivity index (χ1n) is 10.4. The summed E-state index contributed by atoms with van der Waals surface area (Å²) in [7, 11) is 3.70. The van der Waals surface area contributed by atoms with Crippen LogP contribution in [-0.2, 0) is 13.5 Å². The predicted molar refractivity (Wildman–Crippen MR) is 119 cm³/mol. The molecule has 0 atom stereocenters. The van der Waals surface area contributed by atoms with Gasteiger partial charge in [-0.2, -0.15) is 5.10 Å². The largest absolute Gasteiger partial charge is 0.497 e. The highest BCUT2D eigenvalue weighted by Gasteiger charge is 2.20. The number of methoxy groups -OCH3 is 1. The van der Waals surface area contributed by atoms with Crippen molar-refractivity contribution >= 4 is 11.6 Å². The highest BCUT2D eigenvalue weighted by molar-refractivity contribution is 5.80. The number of nitrogens with zero attached hydrogens (tertiary/aromatic N) is 5. The zero-order chi connectivity index (χ0) is 20.8. The monoisotopic (exact) mass is 398 g/mol. The first-order valence-corrected chi connectivity index (χ1v) is 10.4. The molecule has 7 nitrogen and oxygen atoms in total. The van der Waals surface area contributed by atoms with Crippen molar-refractivity contribution in [2.45, 2.75) is 27.2 Å². The van der Waals surface area contributed by atoms with Crippen LogP contribution in [0.1, 0.15) is 23.9 Å². The Morgan fingerprint density at radius 2 is 1.83 bits per heavy atom. The fourth-order valence-corrected chi connectivity index (χ4v) is 3.85. The number of aryl methyl sites for hydroxylation is 2. The minimum atomic E-state index is 0.772. The highest BCUT2D eigenvalue weighted by atomic mass is 16.5. The number of benzene rings is 1. The second-order valence-electron chi connectivity index (χ2n) is 7.43. The molecule has 3 rings (SSSR count). The molecule has 0 spiro atoms. The quantitative estimate of drug-likeness (QED) is 0.598. The molecule has 29 heavy (non-hydrogen) atoms. The molecule has 1 aliphatic rings. The van der Waals surface area contributed by atoms with Crippen LogP contribution in [-0.4, -0.2) is 67.0 Å². The van der Waals surface area contributed by atoms with Gasteiger partial charge in [-0.3, -0.25) is 9.67 Å². The Morgan fingerprint density at radius 3 is 2.38 bits per heavy atom. The number of ether oxygens (including phenoxy) is 1. The van der Waals surface area contributed by atoms with Gasteiger partial charge in [0.15, 0.2) is 5.96 Å². The molecule has 0 aliphatic carbocycles. The normalized spacial score (nSPS) is 15.0. The van der Waals surface area contributed by atoms with Crippen molar-refractivity contribution < 1.29 is 4.74 Å². The average molecular weight is 399 g/mol. The lowest BCUT2D eigenvalue weighted by atomic mass is 10.1. The van der Waals surface area contributed by atoms with E-state index < -0.39 is 0 Å². The summed E-state index contributed by atoms with van der Waals surface area (Å²) < 4.78 is 7.22. The van der Waals surface area contributed by atoms with Gasteiger partial charge >= 0.3 is 0 Å². The van der Waals surface area contributed by atoms with Gasteiger partial charge in [0.25, 0.3) is 0 Å². The summed E-state index contributed by atoms with van der Waals surface area (Å²) in [5, 5.41) is 7.97. The van der Waals surface area contributed by atoms with Gasteiger partial charge in [-0.15, -0.1) is 0 Å². The molecule has 1 N–H and O–H groups in total. The average Bonchev–Trinajstić information content (AvgIpc) is 2.99. The maximum atomic E-state index is 5.26. The smallest absolute Gasteiger partial charge is 0.194 e.